The van der Waals surface area contributed by atoms with Crippen molar-refractivity contribution in [2.75, 3.05) is 6.54 Å². The van der Waals surface area contributed by atoms with Crippen molar-refractivity contribution in [2.24, 2.45) is 0 Å². The van der Waals surface area contributed by atoms with Crippen molar-refractivity contribution in [3.8, 4) is 0 Å². The standard InChI is InChI=1S/C14H26N2S/c1-4-5-6-7-8-9-10-15-12(2)14-13(3)16-11-17-14/h11-12,15H,4-10H2,1-3H3. The Morgan fingerprint density at radius 2 is 1.94 bits per heavy atom. The summed E-state index contributed by atoms with van der Waals surface area (Å²) in [6.45, 7) is 7.72. The number of aryl methyl sites for hydroxylation is 1. The highest BCUT2D eigenvalue weighted by atomic mass is 32.1. The molecule has 0 radical (unpaired) electrons. The number of nitrogens with one attached hydrogen (secondary N) is 1. The third kappa shape index (κ3) is 5.64. The van der Waals surface area contributed by atoms with Crippen molar-refractivity contribution in [3.05, 3.63) is 16.1 Å². The number of nitrogens with zero attached hydrogens (tertiary/aromatic N) is 1. The Hall–Kier alpha value is -0.410. The summed E-state index contributed by atoms with van der Waals surface area (Å²) in [6, 6.07) is 0.457. The molecular weight excluding hydrogens is 228 g/mol. The maximum absolute atomic E-state index is 4.29. The SMILES string of the molecule is CCCCCCCCNC(C)c1scnc1C. The summed E-state index contributed by atoms with van der Waals surface area (Å²) in [5, 5.41) is 3.59. The van der Waals surface area contributed by atoms with Crippen LogP contribution in [0.1, 0.15) is 69.0 Å². The third-order valence-electron chi connectivity index (χ3n) is 3.16. The molecular formula is C14H26N2S. The lowest BCUT2D eigenvalue weighted by molar-refractivity contribution is 0.530. The summed E-state index contributed by atoms with van der Waals surface area (Å²) < 4.78 is 0. The van der Waals surface area contributed by atoms with Gasteiger partial charge >= 0.3 is 0 Å². The lowest BCUT2D eigenvalue weighted by Crippen LogP contribution is -2.19. The maximum Gasteiger partial charge on any atom is 0.0798 e. The van der Waals surface area contributed by atoms with E-state index in [0.717, 1.165) is 6.54 Å². The molecule has 0 spiro atoms. The molecule has 0 saturated heterocycles. The van der Waals surface area contributed by atoms with Gasteiger partial charge in [-0.1, -0.05) is 39.0 Å². The normalized spacial score (nSPS) is 12.9. The van der Waals surface area contributed by atoms with Gasteiger partial charge in [0, 0.05) is 10.9 Å². The van der Waals surface area contributed by atoms with Gasteiger partial charge in [0.05, 0.1) is 11.2 Å². The van der Waals surface area contributed by atoms with Gasteiger partial charge in [-0.25, -0.2) is 4.98 Å². The molecule has 1 N–H and O–H groups in total. The summed E-state index contributed by atoms with van der Waals surface area (Å²) in [5.41, 5.74) is 3.12. The molecule has 0 bridgehead atoms. The Labute approximate surface area is 110 Å². The highest BCUT2D eigenvalue weighted by Gasteiger charge is 2.09. The first kappa shape index (κ1) is 14.7. The van der Waals surface area contributed by atoms with Gasteiger partial charge in [0.1, 0.15) is 0 Å². The van der Waals surface area contributed by atoms with Crippen LogP contribution in [0.5, 0.6) is 0 Å². The average molecular weight is 254 g/mol. The van der Waals surface area contributed by atoms with Crippen LogP contribution in [0.3, 0.4) is 0 Å². The molecule has 1 heterocycles. The number of rotatable bonds is 9. The van der Waals surface area contributed by atoms with E-state index >= 15 is 0 Å². The zero-order chi connectivity index (χ0) is 12.5. The fourth-order valence-electron chi connectivity index (χ4n) is 2.04. The second kappa shape index (κ2) is 8.65. The molecule has 0 amide bonds. The summed E-state index contributed by atoms with van der Waals surface area (Å²) in [7, 11) is 0. The first-order chi connectivity index (χ1) is 8.25. The van der Waals surface area contributed by atoms with Crippen LogP contribution in [-0.2, 0) is 0 Å². The molecule has 98 valence electrons. The molecule has 1 aromatic rings. The summed E-state index contributed by atoms with van der Waals surface area (Å²) >= 11 is 1.76. The van der Waals surface area contributed by atoms with Crippen LogP contribution < -0.4 is 5.32 Å². The van der Waals surface area contributed by atoms with Gasteiger partial charge < -0.3 is 5.32 Å². The van der Waals surface area contributed by atoms with Crippen molar-refractivity contribution in [2.45, 2.75) is 65.3 Å². The molecule has 2 nitrogen and oxygen atoms in total. The van der Waals surface area contributed by atoms with Crippen molar-refractivity contribution in [1.29, 1.82) is 0 Å². The van der Waals surface area contributed by atoms with Gasteiger partial charge in [0.15, 0.2) is 0 Å². The Morgan fingerprint density at radius 1 is 1.24 bits per heavy atom. The van der Waals surface area contributed by atoms with Crippen molar-refractivity contribution in [3.63, 3.8) is 0 Å². The number of thiazole rings is 1. The quantitative estimate of drug-likeness (QED) is 0.658. The van der Waals surface area contributed by atoms with Gasteiger partial charge in [-0.05, 0) is 26.8 Å². The second-order valence-electron chi connectivity index (χ2n) is 4.75. The third-order valence-corrected chi connectivity index (χ3v) is 4.27. The second-order valence-corrected chi connectivity index (χ2v) is 5.63. The molecule has 0 aromatic carbocycles. The van der Waals surface area contributed by atoms with E-state index in [0.29, 0.717) is 6.04 Å². The average Bonchev–Trinajstić information content (AvgIpc) is 2.74. The van der Waals surface area contributed by atoms with Gasteiger partial charge in [0.25, 0.3) is 0 Å². The first-order valence-corrected chi connectivity index (χ1v) is 7.77. The number of unbranched alkanes of at least 4 members (excludes halogenated alkanes) is 5. The maximum atomic E-state index is 4.29. The molecule has 1 atom stereocenters. The fourth-order valence-corrected chi connectivity index (χ4v) is 2.88. The molecule has 0 aliphatic heterocycles. The minimum atomic E-state index is 0.457. The monoisotopic (exact) mass is 254 g/mol. The molecule has 0 aliphatic carbocycles. The van der Waals surface area contributed by atoms with Crippen molar-refractivity contribution < 1.29 is 0 Å². The number of aromatic nitrogens is 1. The van der Waals surface area contributed by atoms with Gasteiger partial charge in [-0.2, -0.15) is 0 Å². The van der Waals surface area contributed by atoms with Crippen molar-refractivity contribution in [1.82, 2.24) is 10.3 Å². The topological polar surface area (TPSA) is 24.9 Å². The lowest BCUT2D eigenvalue weighted by Gasteiger charge is -2.12. The molecule has 0 aliphatic rings. The largest absolute Gasteiger partial charge is 0.309 e. The van der Waals surface area contributed by atoms with Crippen LogP contribution in [0.15, 0.2) is 5.51 Å². The predicted molar refractivity (Wildman–Crippen MR) is 76.6 cm³/mol. The highest BCUT2D eigenvalue weighted by molar-refractivity contribution is 7.09. The van der Waals surface area contributed by atoms with E-state index in [2.05, 4.69) is 31.1 Å². The summed E-state index contributed by atoms with van der Waals surface area (Å²) in [4.78, 5) is 5.68. The minimum Gasteiger partial charge on any atom is -0.309 e. The van der Waals surface area contributed by atoms with E-state index in [-0.39, 0.29) is 0 Å². The van der Waals surface area contributed by atoms with Gasteiger partial charge in [-0.3, -0.25) is 0 Å². The molecule has 1 unspecified atom stereocenters. The first-order valence-electron chi connectivity index (χ1n) is 6.89. The summed E-state index contributed by atoms with van der Waals surface area (Å²) in [5.74, 6) is 0. The van der Waals surface area contributed by atoms with Crippen molar-refractivity contribution >= 4 is 11.3 Å². The zero-order valence-electron chi connectivity index (χ0n) is 11.5. The smallest absolute Gasteiger partial charge is 0.0798 e. The predicted octanol–water partition coefficient (Wildman–Crippen LogP) is 4.46. The zero-order valence-corrected chi connectivity index (χ0v) is 12.3. The Balaban J connectivity index is 2.05. The van der Waals surface area contributed by atoms with Crippen LogP contribution in [-0.4, -0.2) is 11.5 Å². The number of hydrogen-bond acceptors (Lipinski definition) is 3. The summed E-state index contributed by atoms with van der Waals surface area (Å²) in [6.07, 6.45) is 8.18. The van der Waals surface area contributed by atoms with Crippen LogP contribution in [0, 0.1) is 6.92 Å². The Bertz CT molecular complexity index is 296. The molecule has 0 saturated carbocycles. The lowest BCUT2D eigenvalue weighted by atomic mass is 10.1. The molecule has 1 rings (SSSR count). The van der Waals surface area contributed by atoms with Gasteiger partial charge in [0.2, 0.25) is 0 Å². The van der Waals surface area contributed by atoms with Crippen LogP contribution in [0.4, 0.5) is 0 Å². The van der Waals surface area contributed by atoms with E-state index in [9.17, 15) is 0 Å². The Kier molecular flexibility index (Phi) is 7.45. The number of hydrogen-bond donors (Lipinski definition) is 1. The van der Waals surface area contributed by atoms with E-state index < -0.39 is 0 Å². The van der Waals surface area contributed by atoms with Gasteiger partial charge in [-0.15, -0.1) is 11.3 Å². The van der Waals surface area contributed by atoms with Crippen LogP contribution >= 0.6 is 11.3 Å². The van der Waals surface area contributed by atoms with E-state index in [1.165, 1.54) is 49.1 Å². The highest BCUT2D eigenvalue weighted by Crippen LogP contribution is 2.20. The minimum absolute atomic E-state index is 0.457. The molecule has 1 aromatic heterocycles. The fraction of sp³-hybridized carbons (Fsp3) is 0.786. The Morgan fingerprint density at radius 3 is 2.59 bits per heavy atom. The van der Waals surface area contributed by atoms with E-state index in [4.69, 9.17) is 0 Å². The molecule has 17 heavy (non-hydrogen) atoms. The molecule has 0 fully saturated rings. The van der Waals surface area contributed by atoms with Crippen LogP contribution in [0.25, 0.3) is 0 Å². The van der Waals surface area contributed by atoms with E-state index in [1.54, 1.807) is 11.3 Å². The van der Waals surface area contributed by atoms with Crippen LogP contribution in [0.2, 0.25) is 0 Å². The molecule has 3 heteroatoms. The van der Waals surface area contributed by atoms with E-state index in [1.807, 2.05) is 5.51 Å².